The first-order valence-corrected chi connectivity index (χ1v) is 3.83. The van der Waals surface area contributed by atoms with Gasteiger partial charge in [0.25, 0.3) is 0 Å². The number of carbonyl (C=O) groups excluding carboxylic acids is 1. The fourth-order valence-electron chi connectivity index (χ4n) is 1.05. The number of hydrogen-bond donors (Lipinski definition) is 2. The van der Waals surface area contributed by atoms with Gasteiger partial charge in [-0.3, -0.25) is 4.79 Å². The number of halogens is 1. The van der Waals surface area contributed by atoms with E-state index < -0.39 is 5.91 Å². The molecule has 4 N–H and O–H groups in total. The Morgan fingerprint density at radius 2 is 2.08 bits per heavy atom. The summed E-state index contributed by atoms with van der Waals surface area (Å²) in [6.45, 7) is 0.586. The third-order valence-electron chi connectivity index (χ3n) is 1.64. The van der Waals surface area contributed by atoms with Gasteiger partial charge in [-0.15, -0.1) is 12.4 Å². The van der Waals surface area contributed by atoms with Crippen LogP contribution < -0.4 is 11.5 Å². The summed E-state index contributed by atoms with van der Waals surface area (Å²) in [5, 5.41) is 0. The van der Waals surface area contributed by atoms with Crippen LogP contribution in [0.4, 0.5) is 0 Å². The van der Waals surface area contributed by atoms with Crippen LogP contribution in [0.5, 0.6) is 0 Å². The number of benzene rings is 1. The molecule has 3 nitrogen and oxygen atoms in total. The Hall–Kier alpha value is -1.06. The topological polar surface area (TPSA) is 69.1 Å². The molecule has 0 aliphatic rings. The van der Waals surface area contributed by atoms with Crippen molar-refractivity contribution >= 4 is 18.3 Å². The highest BCUT2D eigenvalue weighted by molar-refractivity contribution is 5.92. The lowest BCUT2D eigenvalue weighted by Crippen LogP contribution is -2.11. The Balaban J connectivity index is 0.00000144. The summed E-state index contributed by atoms with van der Waals surface area (Å²) in [4.78, 5) is 10.7. The molecule has 72 valence electrons. The lowest BCUT2D eigenvalue weighted by Gasteiger charge is -1.99. The minimum absolute atomic E-state index is 0. The molecule has 0 fully saturated rings. The summed E-state index contributed by atoms with van der Waals surface area (Å²) in [6, 6.07) is 7.21. The van der Waals surface area contributed by atoms with E-state index in [0.29, 0.717) is 12.1 Å². The van der Waals surface area contributed by atoms with Gasteiger partial charge in [0.2, 0.25) is 5.91 Å². The largest absolute Gasteiger partial charge is 0.366 e. The first-order chi connectivity index (χ1) is 5.74. The van der Waals surface area contributed by atoms with E-state index >= 15 is 0 Å². The van der Waals surface area contributed by atoms with E-state index in [9.17, 15) is 4.79 Å². The molecular formula is C9H13ClN2O. The van der Waals surface area contributed by atoms with Gasteiger partial charge in [-0.05, 0) is 30.7 Å². The maximum absolute atomic E-state index is 10.7. The van der Waals surface area contributed by atoms with Crippen LogP contribution in [-0.2, 0) is 6.42 Å². The number of primary amides is 1. The van der Waals surface area contributed by atoms with Crippen molar-refractivity contribution in [3.63, 3.8) is 0 Å². The number of amides is 1. The van der Waals surface area contributed by atoms with E-state index in [1.807, 2.05) is 12.1 Å². The van der Waals surface area contributed by atoms with E-state index in [1.165, 1.54) is 0 Å². The number of rotatable bonds is 3. The quantitative estimate of drug-likeness (QED) is 0.755. The minimum atomic E-state index is -0.395. The van der Waals surface area contributed by atoms with E-state index in [0.717, 1.165) is 12.0 Å². The molecule has 4 heteroatoms. The van der Waals surface area contributed by atoms with E-state index in [2.05, 4.69) is 0 Å². The Kier molecular flexibility index (Phi) is 5.11. The van der Waals surface area contributed by atoms with Crippen LogP contribution in [0.1, 0.15) is 15.9 Å². The molecule has 0 saturated carbocycles. The first kappa shape index (κ1) is 11.9. The van der Waals surface area contributed by atoms with Crippen LogP contribution in [0.3, 0.4) is 0 Å². The Labute approximate surface area is 83.5 Å². The summed E-state index contributed by atoms with van der Waals surface area (Å²) >= 11 is 0. The Bertz CT molecular complexity index is 289. The van der Waals surface area contributed by atoms with E-state index in [1.54, 1.807) is 12.1 Å². The molecule has 1 aromatic carbocycles. The van der Waals surface area contributed by atoms with E-state index in [-0.39, 0.29) is 12.4 Å². The fraction of sp³-hybridized carbons (Fsp3) is 0.222. The van der Waals surface area contributed by atoms with Gasteiger partial charge in [-0.2, -0.15) is 0 Å². The molecule has 0 saturated heterocycles. The predicted molar refractivity (Wildman–Crippen MR) is 55.0 cm³/mol. The summed E-state index contributed by atoms with van der Waals surface area (Å²) in [5.41, 5.74) is 12.1. The monoisotopic (exact) mass is 200 g/mol. The molecule has 0 spiro atoms. The second-order valence-corrected chi connectivity index (χ2v) is 2.60. The molecule has 1 amide bonds. The second-order valence-electron chi connectivity index (χ2n) is 2.60. The van der Waals surface area contributed by atoms with Gasteiger partial charge in [0.05, 0.1) is 0 Å². The average molecular weight is 201 g/mol. The van der Waals surface area contributed by atoms with Gasteiger partial charge >= 0.3 is 0 Å². The molecule has 0 bridgehead atoms. The molecule has 0 unspecified atom stereocenters. The molecule has 1 aromatic rings. The van der Waals surface area contributed by atoms with Gasteiger partial charge in [0, 0.05) is 5.56 Å². The highest BCUT2D eigenvalue weighted by Crippen LogP contribution is 2.04. The number of carbonyl (C=O) groups is 1. The van der Waals surface area contributed by atoms with Crippen LogP contribution >= 0.6 is 12.4 Å². The first-order valence-electron chi connectivity index (χ1n) is 3.83. The SMILES string of the molecule is Cl.NCCc1cccc(C(N)=O)c1. The van der Waals surface area contributed by atoms with Gasteiger partial charge < -0.3 is 11.5 Å². The molecule has 0 atom stereocenters. The predicted octanol–water partition coefficient (Wildman–Crippen LogP) is 0.709. The van der Waals surface area contributed by atoms with Crippen molar-refractivity contribution in [1.82, 2.24) is 0 Å². The second kappa shape index (κ2) is 5.56. The Morgan fingerprint density at radius 3 is 2.62 bits per heavy atom. The smallest absolute Gasteiger partial charge is 0.248 e. The van der Waals surface area contributed by atoms with Gasteiger partial charge in [0.15, 0.2) is 0 Å². The van der Waals surface area contributed by atoms with Crippen LogP contribution in [0, 0.1) is 0 Å². The molecular weight excluding hydrogens is 188 g/mol. The van der Waals surface area contributed by atoms with Crippen molar-refractivity contribution in [3.05, 3.63) is 35.4 Å². The van der Waals surface area contributed by atoms with Crippen molar-refractivity contribution < 1.29 is 4.79 Å². The van der Waals surface area contributed by atoms with Crippen molar-refractivity contribution in [2.45, 2.75) is 6.42 Å². The number of hydrogen-bond acceptors (Lipinski definition) is 2. The zero-order valence-electron chi connectivity index (χ0n) is 7.19. The third-order valence-corrected chi connectivity index (χ3v) is 1.64. The minimum Gasteiger partial charge on any atom is -0.366 e. The van der Waals surface area contributed by atoms with Crippen molar-refractivity contribution in [1.29, 1.82) is 0 Å². The van der Waals surface area contributed by atoms with Gasteiger partial charge in [0.1, 0.15) is 0 Å². The molecule has 0 aliphatic heterocycles. The third kappa shape index (κ3) is 3.44. The average Bonchev–Trinajstić information content (AvgIpc) is 2.05. The maximum atomic E-state index is 10.7. The normalized spacial score (nSPS) is 9.00. The van der Waals surface area contributed by atoms with Crippen molar-refractivity contribution in [2.75, 3.05) is 6.54 Å². The summed E-state index contributed by atoms with van der Waals surface area (Å²) in [7, 11) is 0. The standard InChI is InChI=1S/C9H12N2O.ClH/c10-5-4-7-2-1-3-8(6-7)9(11)12;/h1-3,6H,4-5,10H2,(H2,11,12);1H. The van der Waals surface area contributed by atoms with Crippen molar-refractivity contribution in [3.8, 4) is 0 Å². The lowest BCUT2D eigenvalue weighted by molar-refractivity contribution is 0.1000. The lowest BCUT2D eigenvalue weighted by atomic mass is 10.1. The molecule has 0 radical (unpaired) electrons. The zero-order valence-corrected chi connectivity index (χ0v) is 8.01. The molecule has 0 aliphatic carbocycles. The van der Waals surface area contributed by atoms with Crippen molar-refractivity contribution in [2.24, 2.45) is 11.5 Å². The van der Waals surface area contributed by atoms with Crippen LogP contribution in [0.2, 0.25) is 0 Å². The highest BCUT2D eigenvalue weighted by Gasteiger charge is 1.99. The summed E-state index contributed by atoms with van der Waals surface area (Å²) < 4.78 is 0. The fourth-order valence-corrected chi connectivity index (χ4v) is 1.05. The highest BCUT2D eigenvalue weighted by atomic mass is 35.5. The number of nitrogens with two attached hydrogens (primary N) is 2. The molecule has 0 aromatic heterocycles. The molecule has 0 heterocycles. The Morgan fingerprint density at radius 1 is 1.38 bits per heavy atom. The molecule has 1 rings (SSSR count). The van der Waals surface area contributed by atoms with Crippen LogP contribution in [0.15, 0.2) is 24.3 Å². The van der Waals surface area contributed by atoms with Crippen LogP contribution in [-0.4, -0.2) is 12.5 Å². The van der Waals surface area contributed by atoms with Gasteiger partial charge in [-0.1, -0.05) is 12.1 Å². The zero-order chi connectivity index (χ0) is 8.97. The van der Waals surface area contributed by atoms with Crippen LogP contribution in [0.25, 0.3) is 0 Å². The van der Waals surface area contributed by atoms with Gasteiger partial charge in [-0.25, -0.2) is 0 Å². The van der Waals surface area contributed by atoms with E-state index in [4.69, 9.17) is 11.5 Å². The summed E-state index contributed by atoms with van der Waals surface area (Å²) in [5.74, 6) is -0.395. The molecule has 13 heavy (non-hydrogen) atoms. The maximum Gasteiger partial charge on any atom is 0.248 e. The summed E-state index contributed by atoms with van der Waals surface area (Å²) in [6.07, 6.45) is 0.779.